The first-order valence-corrected chi connectivity index (χ1v) is 12.3. The number of carbonyl (C=O) groups is 5. The second-order valence-corrected chi connectivity index (χ2v) is 8.32. The fraction of sp³-hybridized carbons (Fsp3) is 0.148. The van der Waals surface area contributed by atoms with Crippen LogP contribution in [-0.2, 0) is 9.59 Å². The van der Waals surface area contributed by atoms with Crippen LogP contribution in [0.25, 0.3) is 0 Å². The van der Waals surface area contributed by atoms with Crippen LogP contribution >= 0.6 is 11.8 Å². The Morgan fingerprint density at radius 1 is 0.763 bits per heavy atom. The van der Waals surface area contributed by atoms with Crippen molar-refractivity contribution in [2.45, 2.75) is 19.9 Å². The summed E-state index contributed by atoms with van der Waals surface area (Å²) in [6, 6.07) is 17.6. The number of rotatable bonds is 7. The Labute approximate surface area is 222 Å². The molecular formula is C27H25NO9S. The maximum Gasteiger partial charge on any atom is 0.347 e. The number of nitrogens with one attached hydrogen (secondary N) is 1. The fourth-order valence-corrected chi connectivity index (χ4v) is 3.27. The Balaban J connectivity index is 0.000000484. The lowest BCUT2D eigenvalue weighted by Crippen LogP contribution is -2.36. The molecule has 38 heavy (non-hydrogen) atoms. The van der Waals surface area contributed by atoms with Crippen molar-refractivity contribution in [3.8, 4) is 17.2 Å². The highest BCUT2D eigenvalue weighted by Crippen LogP contribution is 2.26. The van der Waals surface area contributed by atoms with Crippen molar-refractivity contribution in [2.75, 3.05) is 6.26 Å². The van der Waals surface area contributed by atoms with Gasteiger partial charge in [-0.05, 0) is 49.6 Å². The molecule has 0 aliphatic carbocycles. The maximum atomic E-state index is 12.7. The first-order valence-electron chi connectivity index (χ1n) is 11.0. The summed E-state index contributed by atoms with van der Waals surface area (Å²) in [7, 11) is 0. The number of carbonyl (C=O) groups excluding carboxylic acids is 4. The number of hydrogen-bond acceptors (Lipinski definition) is 9. The summed E-state index contributed by atoms with van der Waals surface area (Å²) in [5.74, 6) is -3.11. The number of benzene rings is 3. The van der Waals surface area contributed by atoms with Gasteiger partial charge in [0.2, 0.25) is 11.0 Å². The molecule has 0 fully saturated rings. The van der Waals surface area contributed by atoms with E-state index in [1.165, 1.54) is 44.2 Å². The van der Waals surface area contributed by atoms with Crippen LogP contribution in [0.3, 0.4) is 0 Å². The van der Waals surface area contributed by atoms with Crippen LogP contribution in [0.2, 0.25) is 0 Å². The van der Waals surface area contributed by atoms with Crippen molar-refractivity contribution >= 4 is 40.7 Å². The van der Waals surface area contributed by atoms with Gasteiger partial charge in [-0.2, -0.15) is 0 Å². The average molecular weight is 540 g/mol. The molecule has 3 N–H and O–H groups in total. The second kappa shape index (κ2) is 14.2. The lowest BCUT2D eigenvalue weighted by atomic mass is 10.2. The molecule has 3 aromatic rings. The van der Waals surface area contributed by atoms with Gasteiger partial charge in [-0.1, -0.05) is 48.2 Å². The monoisotopic (exact) mass is 539 g/mol. The van der Waals surface area contributed by atoms with Crippen molar-refractivity contribution in [3.05, 3.63) is 89.5 Å². The minimum Gasteiger partial charge on any atom is -0.507 e. The zero-order valence-electron chi connectivity index (χ0n) is 20.7. The number of aromatic hydroxyl groups is 1. The molecule has 0 bridgehead atoms. The van der Waals surface area contributed by atoms with Gasteiger partial charge in [0.15, 0.2) is 0 Å². The van der Waals surface area contributed by atoms with E-state index >= 15 is 0 Å². The van der Waals surface area contributed by atoms with Crippen LogP contribution in [-0.4, -0.2) is 51.4 Å². The summed E-state index contributed by atoms with van der Waals surface area (Å²) in [6.45, 7) is 2.68. The Morgan fingerprint density at radius 2 is 1.21 bits per heavy atom. The van der Waals surface area contributed by atoms with Crippen molar-refractivity contribution < 1.29 is 43.7 Å². The summed E-state index contributed by atoms with van der Waals surface area (Å²) in [6.07, 6.45) is 1.63. The zero-order chi connectivity index (χ0) is 28.2. The van der Waals surface area contributed by atoms with E-state index < -0.39 is 23.9 Å². The van der Waals surface area contributed by atoms with Gasteiger partial charge in [-0.25, -0.2) is 9.59 Å². The van der Waals surface area contributed by atoms with E-state index in [2.05, 4.69) is 5.32 Å². The molecule has 1 amide bonds. The number of carboxylic acids is 1. The second-order valence-electron chi connectivity index (χ2n) is 7.54. The van der Waals surface area contributed by atoms with E-state index in [1.54, 1.807) is 48.7 Å². The molecular weight excluding hydrogens is 514 g/mol. The smallest absolute Gasteiger partial charge is 0.347 e. The highest BCUT2D eigenvalue weighted by molar-refractivity contribution is 8.13. The molecule has 1 atom stereocenters. The van der Waals surface area contributed by atoms with Gasteiger partial charge in [0.05, 0.1) is 5.56 Å². The quantitative estimate of drug-likeness (QED) is 0.297. The zero-order valence-corrected chi connectivity index (χ0v) is 21.5. The Kier molecular flexibility index (Phi) is 11.0. The lowest BCUT2D eigenvalue weighted by Gasteiger charge is -2.12. The molecule has 0 radical (unpaired) electrons. The van der Waals surface area contributed by atoms with Gasteiger partial charge in [0.25, 0.3) is 0 Å². The summed E-state index contributed by atoms with van der Waals surface area (Å²) in [4.78, 5) is 57.3. The van der Waals surface area contributed by atoms with Crippen LogP contribution in [0.1, 0.15) is 44.9 Å². The first-order chi connectivity index (χ1) is 18.0. The Bertz CT molecular complexity index is 1340. The van der Waals surface area contributed by atoms with E-state index in [1.807, 2.05) is 0 Å². The molecule has 0 aliphatic rings. The number of ether oxygens (including phenoxy) is 2. The Morgan fingerprint density at radius 3 is 1.68 bits per heavy atom. The number of hydrogen-bond donors (Lipinski definition) is 3. The van der Waals surface area contributed by atoms with Crippen molar-refractivity contribution in [1.82, 2.24) is 5.32 Å². The van der Waals surface area contributed by atoms with Crippen LogP contribution in [0.15, 0.2) is 72.8 Å². The highest BCUT2D eigenvalue weighted by atomic mass is 32.2. The number of phenols is 1. The SMILES string of the molecule is CC(=O)NC(C)C(=O)O.CSC(=O)c1ccccc1OC(=O)c1ccccc1OC(=O)c1ccccc1O. The largest absolute Gasteiger partial charge is 0.507 e. The summed E-state index contributed by atoms with van der Waals surface area (Å²) >= 11 is 1.00. The molecule has 0 saturated carbocycles. The van der Waals surface area contributed by atoms with E-state index in [-0.39, 0.29) is 45.0 Å². The topological polar surface area (TPSA) is 156 Å². The fourth-order valence-electron chi connectivity index (χ4n) is 2.88. The third-order valence-corrected chi connectivity index (χ3v) is 5.31. The number of phenolic OH excluding ortho intramolecular Hbond substituents is 1. The molecule has 0 aliphatic heterocycles. The number of thioether (sulfide) groups is 1. The van der Waals surface area contributed by atoms with Crippen LogP contribution < -0.4 is 14.8 Å². The standard InChI is InChI=1S/C22H16O6S.C5H9NO3/c1-29-22(26)16-10-4-7-13-19(16)28-21(25)15-9-3-6-12-18(15)27-20(24)14-8-2-5-11-17(14)23;1-3(5(8)9)6-4(2)7/h2-13,23H,1H3;3H,1-2H3,(H,6,7)(H,8,9). The van der Waals surface area contributed by atoms with Gasteiger partial charge in [-0.15, -0.1) is 0 Å². The van der Waals surface area contributed by atoms with Gasteiger partial charge in [-0.3, -0.25) is 14.4 Å². The number of esters is 2. The van der Waals surface area contributed by atoms with Crippen LogP contribution in [0.4, 0.5) is 0 Å². The molecule has 0 aromatic heterocycles. The molecule has 11 heteroatoms. The van der Waals surface area contributed by atoms with Crippen LogP contribution in [0, 0.1) is 0 Å². The van der Waals surface area contributed by atoms with E-state index in [9.17, 15) is 29.1 Å². The van der Waals surface area contributed by atoms with E-state index in [0.29, 0.717) is 0 Å². The molecule has 3 aromatic carbocycles. The molecule has 0 saturated heterocycles. The number of aliphatic carboxylic acids is 1. The average Bonchev–Trinajstić information content (AvgIpc) is 2.89. The van der Waals surface area contributed by atoms with Gasteiger partial charge >= 0.3 is 17.9 Å². The summed E-state index contributed by atoms with van der Waals surface area (Å²) in [5.41, 5.74) is 0.228. The predicted octanol–water partition coefficient (Wildman–Crippen LogP) is 3.93. The molecule has 0 spiro atoms. The molecule has 1 unspecified atom stereocenters. The summed E-state index contributed by atoms with van der Waals surface area (Å²) < 4.78 is 10.7. The first kappa shape index (κ1) is 29.6. The van der Waals surface area contributed by atoms with Crippen molar-refractivity contribution in [3.63, 3.8) is 0 Å². The minimum absolute atomic E-state index is 0.00248. The lowest BCUT2D eigenvalue weighted by molar-refractivity contribution is -0.141. The van der Waals surface area contributed by atoms with Crippen LogP contribution in [0.5, 0.6) is 17.2 Å². The third kappa shape index (κ3) is 8.49. The van der Waals surface area contributed by atoms with Crippen molar-refractivity contribution in [2.24, 2.45) is 0 Å². The number of carboxylic acid groups (broad SMARTS) is 1. The highest BCUT2D eigenvalue weighted by Gasteiger charge is 2.21. The van der Waals surface area contributed by atoms with E-state index in [4.69, 9.17) is 14.6 Å². The van der Waals surface area contributed by atoms with E-state index in [0.717, 1.165) is 11.8 Å². The number of amides is 1. The molecule has 3 rings (SSSR count). The van der Waals surface area contributed by atoms with Crippen molar-refractivity contribution in [1.29, 1.82) is 0 Å². The Hall–Kier alpha value is -4.64. The van der Waals surface area contributed by atoms with Gasteiger partial charge < -0.3 is 25.0 Å². The summed E-state index contributed by atoms with van der Waals surface area (Å²) in [5, 5.41) is 20.0. The molecule has 0 heterocycles. The predicted molar refractivity (Wildman–Crippen MR) is 140 cm³/mol. The molecule has 198 valence electrons. The normalized spacial score (nSPS) is 10.7. The van der Waals surface area contributed by atoms with Gasteiger partial charge in [0, 0.05) is 6.92 Å². The third-order valence-electron chi connectivity index (χ3n) is 4.72. The minimum atomic E-state index is -1.02. The van der Waals surface area contributed by atoms with Gasteiger partial charge in [0.1, 0.15) is 34.4 Å². The maximum absolute atomic E-state index is 12.7. The molecule has 10 nitrogen and oxygen atoms in total. The number of para-hydroxylation sites is 3.